The third kappa shape index (κ3) is 3.45. The zero-order valence-electron chi connectivity index (χ0n) is 13.5. The van der Waals surface area contributed by atoms with Crippen molar-refractivity contribution in [2.45, 2.75) is 6.92 Å². The first-order chi connectivity index (χ1) is 11.0. The van der Waals surface area contributed by atoms with Gasteiger partial charge in [-0.25, -0.2) is 0 Å². The topological polar surface area (TPSA) is 88.1 Å². The van der Waals surface area contributed by atoms with E-state index in [0.717, 1.165) is 10.2 Å². The number of anilines is 1. The number of methoxy groups -OCH3 is 3. The largest absolute Gasteiger partial charge is 0.496 e. The van der Waals surface area contributed by atoms with E-state index < -0.39 is 0 Å². The molecule has 2 rings (SSSR count). The maximum Gasteiger partial charge on any atom is 0.273 e. The molecule has 0 unspecified atom stereocenters. The lowest BCUT2D eigenvalue weighted by molar-refractivity contribution is 0.374. The molecule has 7 nitrogen and oxygen atoms in total. The van der Waals surface area contributed by atoms with Gasteiger partial charge in [0.15, 0.2) is 0 Å². The fourth-order valence-corrected chi connectivity index (χ4v) is 2.12. The minimum atomic E-state index is -0.315. The molecule has 0 saturated carbocycles. The maximum atomic E-state index is 12.0. The van der Waals surface area contributed by atoms with E-state index in [0.29, 0.717) is 22.8 Å². The first-order valence-electron chi connectivity index (χ1n) is 6.83. The van der Waals surface area contributed by atoms with Crippen molar-refractivity contribution in [3.8, 4) is 17.2 Å². The number of hydrogen-bond acceptors (Lipinski definition) is 6. The van der Waals surface area contributed by atoms with Crippen molar-refractivity contribution in [1.82, 2.24) is 4.68 Å². The number of hydrogen-bond donors (Lipinski definition) is 1. The molecule has 0 aliphatic carbocycles. The molecule has 0 saturated heterocycles. The Morgan fingerprint density at radius 1 is 1.04 bits per heavy atom. The van der Waals surface area contributed by atoms with Crippen molar-refractivity contribution >= 4 is 12.0 Å². The summed E-state index contributed by atoms with van der Waals surface area (Å²) in [5.74, 6) is 1.84. The molecule has 7 heteroatoms. The first kappa shape index (κ1) is 16.4. The number of aromatic nitrogens is 1. The van der Waals surface area contributed by atoms with Crippen LogP contribution in [0.2, 0.25) is 0 Å². The fourth-order valence-electron chi connectivity index (χ4n) is 2.12. The van der Waals surface area contributed by atoms with Crippen LogP contribution in [0.4, 0.5) is 5.82 Å². The number of aryl methyl sites for hydroxylation is 1. The second-order valence-electron chi connectivity index (χ2n) is 4.80. The van der Waals surface area contributed by atoms with Crippen LogP contribution in [0.25, 0.3) is 0 Å². The lowest BCUT2D eigenvalue weighted by atomic mass is 10.2. The Bertz CT molecular complexity index is 771. The first-order valence-corrected chi connectivity index (χ1v) is 6.83. The van der Waals surface area contributed by atoms with E-state index in [-0.39, 0.29) is 11.4 Å². The Labute approximate surface area is 133 Å². The highest BCUT2D eigenvalue weighted by atomic mass is 16.5. The number of pyridine rings is 1. The number of nitrogens with two attached hydrogens (primary N) is 1. The van der Waals surface area contributed by atoms with E-state index in [1.807, 2.05) is 0 Å². The molecule has 23 heavy (non-hydrogen) atoms. The summed E-state index contributed by atoms with van der Waals surface area (Å²) in [6, 6.07) is 6.52. The third-order valence-electron chi connectivity index (χ3n) is 3.24. The van der Waals surface area contributed by atoms with Crippen LogP contribution < -0.4 is 25.5 Å². The van der Waals surface area contributed by atoms with Crippen LogP contribution >= 0.6 is 0 Å². The average molecular weight is 317 g/mol. The fraction of sp³-hybridized carbons (Fsp3) is 0.250. The normalized spacial score (nSPS) is 10.8. The molecule has 0 fully saturated rings. The molecule has 2 aromatic rings. The van der Waals surface area contributed by atoms with Crippen molar-refractivity contribution in [2.75, 3.05) is 27.1 Å². The van der Waals surface area contributed by atoms with E-state index >= 15 is 0 Å². The van der Waals surface area contributed by atoms with Crippen molar-refractivity contribution in [1.29, 1.82) is 0 Å². The van der Waals surface area contributed by atoms with Crippen LogP contribution in [0.5, 0.6) is 17.2 Å². The van der Waals surface area contributed by atoms with Crippen LogP contribution in [-0.4, -0.2) is 32.2 Å². The standard InChI is InChI=1S/C16H19N3O4/c1-10-5-15(17)19(16(20)6-10)18-9-12-13(22-3)7-11(21-2)8-14(12)23-4/h5-9H,17H2,1-4H3/b18-9-. The Morgan fingerprint density at radius 3 is 2.13 bits per heavy atom. The Morgan fingerprint density at radius 2 is 1.65 bits per heavy atom. The Balaban J connectivity index is 2.53. The van der Waals surface area contributed by atoms with Crippen molar-refractivity contribution in [2.24, 2.45) is 5.10 Å². The van der Waals surface area contributed by atoms with E-state index in [1.54, 1.807) is 32.2 Å². The van der Waals surface area contributed by atoms with Crippen LogP contribution in [0.3, 0.4) is 0 Å². The van der Waals surface area contributed by atoms with Crippen LogP contribution in [-0.2, 0) is 0 Å². The Hall–Kier alpha value is -2.96. The summed E-state index contributed by atoms with van der Waals surface area (Å²) in [6.45, 7) is 1.79. The van der Waals surface area contributed by atoms with E-state index in [1.165, 1.54) is 26.5 Å². The number of nitrogen functional groups attached to an aromatic ring is 1. The van der Waals surface area contributed by atoms with Crippen molar-refractivity contribution in [3.63, 3.8) is 0 Å². The summed E-state index contributed by atoms with van der Waals surface area (Å²) in [5.41, 5.74) is 6.87. The molecule has 0 amide bonds. The van der Waals surface area contributed by atoms with Gasteiger partial charge in [-0.3, -0.25) is 4.79 Å². The van der Waals surface area contributed by atoms with E-state index in [9.17, 15) is 4.79 Å². The zero-order valence-corrected chi connectivity index (χ0v) is 13.5. The van der Waals surface area contributed by atoms with Gasteiger partial charge in [0.2, 0.25) is 0 Å². The predicted octanol–water partition coefficient (Wildman–Crippen LogP) is 1.65. The highest BCUT2D eigenvalue weighted by Gasteiger charge is 2.12. The molecule has 1 aromatic carbocycles. The number of rotatable bonds is 5. The summed E-state index contributed by atoms with van der Waals surface area (Å²) in [5, 5.41) is 4.14. The second-order valence-corrected chi connectivity index (χ2v) is 4.80. The van der Waals surface area contributed by atoms with Gasteiger partial charge in [0.25, 0.3) is 5.56 Å². The van der Waals surface area contributed by atoms with Crippen LogP contribution in [0, 0.1) is 6.92 Å². The number of ether oxygens (including phenoxy) is 3. The van der Waals surface area contributed by atoms with Crippen LogP contribution in [0.1, 0.15) is 11.1 Å². The molecule has 0 spiro atoms. The quantitative estimate of drug-likeness (QED) is 0.847. The third-order valence-corrected chi connectivity index (χ3v) is 3.24. The number of nitrogens with zero attached hydrogens (tertiary/aromatic N) is 2. The van der Waals surface area contributed by atoms with Gasteiger partial charge in [-0.1, -0.05) is 0 Å². The molecule has 1 heterocycles. The van der Waals surface area contributed by atoms with Gasteiger partial charge in [-0.2, -0.15) is 9.78 Å². The van der Waals surface area contributed by atoms with Crippen LogP contribution in [0.15, 0.2) is 34.2 Å². The number of benzene rings is 1. The molecular formula is C16H19N3O4. The average Bonchev–Trinajstić information content (AvgIpc) is 2.53. The minimum absolute atomic E-state index is 0.248. The van der Waals surface area contributed by atoms with E-state index in [4.69, 9.17) is 19.9 Å². The Kier molecular flexibility index (Phi) is 4.90. The van der Waals surface area contributed by atoms with E-state index in [2.05, 4.69) is 5.10 Å². The highest BCUT2D eigenvalue weighted by Crippen LogP contribution is 2.32. The molecule has 1 aromatic heterocycles. The molecule has 0 atom stereocenters. The lowest BCUT2D eigenvalue weighted by Crippen LogP contribution is -2.19. The molecule has 2 N–H and O–H groups in total. The lowest BCUT2D eigenvalue weighted by Gasteiger charge is -2.12. The minimum Gasteiger partial charge on any atom is -0.496 e. The molecule has 0 bridgehead atoms. The van der Waals surface area contributed by atoms with Gasteiger partial charge in [-0.15, -0.1) is 0 Å². The summed E-state index contributed by atoms with van der Waals surface area (Å²) < 4.78 is 17.0. The zero-order chi connectivity index (χ0) is 17.0. The molecule has 0 aliphatic rings. The second kappa shape index (κ2) is 6.87. The monoisotopic (exact) mass is 317 g/mol. The van der Waals surface area contributed by atoms with Gasteiger partial charge in [-0.05, 0) is 18.6 Å². The van der Waals surface area contributed by atoms with Crippen molar-refractivity contribution < 1.29 is 14.2 Å². The molecular weight excluding hydrogens is 298 g/mol. The molecule has 0 aliphatic heterocycles. The summed E-state index contributed by atoms with van der Waals surface area (Å²) in [6.07, 6.45) is 1.46. The predicted molar refractivity (Wildman–Crippen MR) is 88.9 cm³/mol. The van der Waals surface area contributed by atoms with Gasteiger partial charge in [0.1, 0.15) is 23.1 Å². The molecule has 0 radical (unpaired) electrons. The van der Waals surface area contributed by atoms with Crippen molar-refractivity contribution in [3.05, 3.63) is 45.7 Å². The van der Waals surface area contributed by atoms with Gasteiger partial charge in [0, 0.05) is 18.2 Å². The summed E-state index contributed by atoms with van der Waals surface area (Å²) in [7, 11) is 4.60. The van der Waals surface area contributed by atoms with Gasteiger partial charge >= 0.3 is 0 Å². The maximum absolute atomic E-state index is 12.0. The SMILES string of the molecule is COc1cc(OC)c(/C=N\n2c(N)cc(C)cc2=O)c(OC)c1. The summed E-state index contributed by atoms with van der Waals surface area (Å²) in [4.78, 5) is 12.0. The van der Waals surface area contributed by atoms with Gasteiger partial charge < -0.3 is 19.9 Å². The highest BCUT2D eigenvalue weighted by molar-refractivity contribution is 5.88. The van der Waals surface area contributed by atoms with Gasteiger partial charge in [0.05, 0.1) is 33.1 Å². The summed E-state index contributed by atoms with van der Waals surface area (Å²) >= 11 is 0. The smallest absolute Gasteiger partial charge is 0.273 e. The molecule has 122 valence electrons.